The fourth-order valence-electron chi connectivity index (χ4n) is 2.12. The fourth-order valence-corrected chi connectivity index (χ4v) is 3.71. The van der Waals surface area contributed by atoms with Crippen molar-refractivity contribution in [2.45, 2.75) is 26.4 Å². The Labute approximate surface area is 112 Å². The number of hydrogen-bond donors (Lipinski definition) is 1. The molecule has 6 heteroatoms. The number of benzene rings is 1. The topological polar surface area (TPSA) is 76.0 Å². The van der Waals surface area contributed by atoms with Crippen LogP contribution in [0.4, 0.5) is 0 Å². The molecule has 1 saturated heterocycles. The van der Waals surface area contributed by atoms with E-state index in [9.17, 15) is 8.42 Å². The first-order valence-corrected chi connectivity index (χ1v) is 7.90. The molecule has 0 bridgehead atoms. The van der Waals surface area contributed by atoms with Gasteiger partial charge in [-0.3, -0.25) is 0 Å². The monoisotopic (exact) mass is 283 g/mol. The molecule has 1 fully saturated rings. The van der Waals surface area contributed by atoms with Crippen molar-refractivity contribution < 1.29 is 18.4 Å². The molecule has 0 amide bonds. The number of rotatable bonds is 3. The van der Waals surface area contributed by atoms with Gasteiger partial charge in [-0.15, -0.1) is 0 Å². The summed E-state index contributed by atoms with van der Waals surface area (Å²) in [4.78, 5) is 0. The van der Waals surface area contributed by atoms with Crippen LogP contribution < -0.4 is 4.74 Å². The Hall–Kier alpha value is -1.56. The number of aryl methyl sites for hydroxylation is 1. The largest absolute Gasteiger partial charge is 0.489 e. The second-order valence-electron chi connectivity index (χ2n) is 4.83. The molecule has 0 saturated carbocycles. The third-order valence-corrected chi connectivity index (χ3v) is 4.90. The van der Waals surface area contributed by atoms with Gasteiger partial charge < -0.3 is 9.94 Å². The average Bonchev–Trinajstić information content (AvgIpc) is 2.70. The second-order valence-corrected chi connectivity index (χ2v) is 7.06. The highest BCUT2D eigenvalue weighted by molar-refractivity contribution is 7.91. The van der Waals surface area contributed by atoms with E-state index in [0.29, 0.717) is 23.4 Å². The molecule has 5 nitrogen and oxygen atoms in total. The summed E-state index contributed by atoms with van der Waals surface area (Å²) in [7, 11) is -2.97. The van der Waals surface area contributed by atoms with E-state index in [-0.39, 0.29) is 17.6 Å². The Morgan fingerprint density at radius 1 is 1.47 bits per heavy atom. The van der Waals surface area contributed by atoms with Gasteiger partial charge in [-0.2, -0.15) is 0 Å². The van der Waals surface area contributed by atoms with Crippen molar-refractivity contribution in [1.82, 2.24) is 0 Å². The normalized spacial score (nSPS) is 22.4. The number of nitrogens with zero attached hydrogens (tertiary/aromatic N) is 1. The zero-order chi connectivity index (χ0) is 14.0. The Kier molecular flexibility index (Phi) is 3.80. The van der Waals surface area contributed by atoms with Crippen LogP contribution in [-0.2, 0) is 9.84 Å². The molecule has 1 aromatic carbocycles. The van der Waals surface area contributed by atoms with Gasteiger partial charge in [-0.25, -0.2) is 8.42 Å². The minimum absolute atomic E-state index is 0.0512. The van der Waals surface area contributed by atoms with Crippen LogP contribution in [0.5, 0.6) is 5.75 Å². The summed E-state index contributed by atoms with van der Waals surface area (Å²) < 4.78 is 28.6. The van der Waals surface area contributed by atoms with Crippen molar-refractivity contribution in [2.75, 3.05) is 11.5 Å². The molecular formula is C13H17NO4S. The summed E-state index contributed by atoms with van der Waals surface area (Å²) in [6.07, 6.45) is 0.184. The quantitative estimate of drug-likeness (QED) is 0.521. The van der Waals surface area contributed by atoms with Crippen LogP contribution in [0, 0.1) is 6.92 Å². The van der Waals surface area contributed by atoms with Crippen LogP contribution >= 0.6 is 0 Å². The molecule has 1 aliphatic heterocycles. The van der Waals surface area contributed by atoms with Gasteiger partial charge in [0.15, 0.2) is 9.84 Å². The summed E-state index contributed by atoms with van der Waals surface area (Å²) in [5, 5.41) is 12.1. The van der Waals surface area contributed by atoms with Gasteiger partial charge in [-0.05, 0) is 32.4 Å². The molecule has 19 heavy (non-hydrogen) atoms. The molecule has 1 unspecified atom stereocenters. The Bertz CT molecular complexity index is 607. The molecule has 0 spiro atoms. The summed E-state index contributed by atoms with van der Waals surface area (Å²) in [6, 6.07) is 5.52. The van der Waals surface area contributed by atoms with E-state index < -0.39 is 9.84 Å². The number of hydrogen-bond acceptors (Lipinski definition) is 5. The maximum absolute atomic E-state index is 11.4. The van der Waals surface area contributed by atoms with Crippen molar-refractivity contribution in [2.24, 2.45) is 5.16 Å². The average molecular weight is 283 g/mol. The van der Waals surface area contributed by atoms with Gasteiger partial charge in [0.2, 0.25) is 0 Å². The highest BCUT2D eigenvalue weighted by atomic mass is 32.2. The SMILES string of the molecule is C/C(=N\O)c1cc(C)ccc1OC1CCS(=O)(=O)C1. The van der Waals surface area contributed by atoms with Crippen molar-refractivity contribution in [3.05, 3.63) is 29.3 Å². The standard InChI is InChI=1S/C13H17NO4S/c1-9-3-4-13(12(7-9)10(2)14-15)18-11-5-6-19(16,17)8-11/h3-4,7,11,15H,5-6,8H2,1-2H3/b14-10+. The molecule has 1 aliphatic rings. The highest BCUT2D eigenvalue weighted by Crippen LogP contribution is 2.25. The van der Waals surface area contributed by atoms with Crippen molar-refractivity contribution in [1.29, 1.82) is 0 Å². The van der Waals surface area contributed by atoms with Crippen molar-refractivity contribution in [3.8, 4) is 5.75 Å². The van der Waals surface area contributed by atoms with Crippen LogP contribution in [0.15, 0.2) is 23.4 Å². The Balaban J connectivity index is 2.26. The van der Waals surface area contributed by atoms with Gasteiger partial charge >= 0.3 is 0 Å². The zero-order valence-corrected chi connectivity index (χ0v) is 11.8. The predicted molar refractivity (Wildman–Crippen MR) is 72.9 cm³/mol. The van der Waals surface area contributed by atoms with Crippen molar-refractivity contribution in [3.63, 3.8) is 0 Å². The second kappa shape index (κ2) is 5.21. The number of ether oxygens (including phenoxy) is 1. The van der Waals surface area contributed by atoms with E-state index >= 15 is 0 Å². The molecule has 0 aliphatic carbocycles. The Morgan fingerprint density at radius 2 is 2.21 bits per heavy atom. The van der Waals surface area contributed by atoms with Gasteiger partial charge in [-0.1, -0.05) is 16.8 Å². The van der Waals surface area contributed by atoms with E-state index in [1.165, 1.54) is 0 Å². The zero-order valence-electron chi connectivity index (χ0n) is 11.0. The first-order chi connectivity index (χ1) is 8.91. The fraction of sp³-hybridized carbons (Fsp3) is 0.462. The maximum Gasteiger partial charge on any atom is 0.154 e. The molecule has 0 radical (unpaired) electrons. The smallest absolute Gasteiger partial charge is 0.154 e. The predicted octanol–water partition coefficient (Wildman–Crippen LogP) is 1.76. The number of sulfone groups is 1. The van der Waals surface area contributed by atoms with Gasteiger partial charge in [0.05, 0.1) is 17.2 Å². The summed E-state index contributed by atoms with van der Waals surface area (Å²) in [6.45, 7) is 3.60. The lowest BCUT2D eigenvalue weighted by Gasteiger charge is -2.15. The lowest BCUT2D eigenvalue weighted by molar-refractivity contribution is 0.228. The molecule has 1 atom stereocenters. The van der Waals surface area contributed by atoms with Crippen molar-refractivity contribution >= 4 is 15.5 Å². The van der Waals surface area contributed by atoms with Gasteiger partial charge in [0, 0.05) is 5.56 Å². The Morgan fingerprint density at radius 3 is 2.79 bits per heavy atom. The summed E-state index contributed by atoms with van der Waals surface area (Å²) >= 11 is 0. The molecule has 104 valence electrons. The van der Waals surface area contributed by atoms with E-state index in [1.54, 1.807) is 13.0 Å². The first-order valence-electron chi connectivity index (χ1n) is 6.08. The lowest BCUT2D eigenvalue weighted by Crippen LogP contribution is -2.19. The van der Waals surface area contributed by atoms with Crippen LogP contribution in [0.1, 0.15) is 24.5 Å². The number of oxime groups is 1. The van der Waals surface area contributed by atoms with Gasteiger partial charge in [0.25, 0.3) is 0 Å². The van der Waals surface area contributed by atoms with Crippen LogP contribution in [-0.4, -0.2) is 36.9 Å². The van der Waals surface area contributed by atoms with Gasteiger partial charge in [0.1, 0.15) is 11.9 Å². The third-order valence-electron chi connectivity index (χ3n) is 3.16. The summed E-state index contributed by atoms with van der Waals surface area (Å²) in [5.41, 5.74) is 2.15. The van der Waals surface area contributed by atoms with Crippen LogP contribution in [0.25, 0.3) is 0 Å². The third kappa shape index (κ3) is 3.26. The minimum atomic E-state index is -2.97. The van der Waals surface area contributed by atoms with E-state index in [1.807, 2.05) is 19.1 Å². The summed E-state index contributed by atoms with van der Waals surface area (Å²) in [5.74, 6) is 0.782. The lowest BCUT2D eigenvalue weighted by atomic mass is 10.1. The molecule has 1 heterocycles. The molecule has 0 aromatic heterocycles. The molecule has 1 aromatic rings. The maximum atomic E-state index is 11.4. The molecular weight excluding hydrogens is 266 g/mol. The van der Waals surface area contributed by atoms with E-state index in [0.717, 1.165) is 5.56 Å². The highest BCUT2D eigenvalue weighted by Gasteiger charge is 2.30. The first kappa shape index (κ1) is 13.9. The van der Waals surface area contributed by atoms with E-state index in [2.05, 4.69) is 5.16 Å². The molecule has 1 N–H and O–H groups in total. The van der Waals surface area contributed by atoms with Crippen LogP contribution in [0.3, 0.4) is 0 Å². The van der Waals surface area contributed by atoms with E-state index in [4.69, 9.17) is 9.94 Å². The molecule has 2 rings (SSSR count). The van der Waals surface area contributed by atoms with Crippen LogP contribution in [0.2, 0.25) is 0 Å². The minimum Gasteiger partial charge on any atom is -0.489 e.